The van der Waals surface area contributed by atoms with Crippen LogP contribution < -0.4 is 9.64 Å². The van der Waals surface area contributed by atoms with Crippen LogP contribution in [-0.4, -0.2) is 70.0 Å². The Kier molecular flexibility index (Phi) is 6.17. The van der Waals surface area contributed by atoms with E-state index in [1.165, 1.54) is 23.7 Å². The zero-order chi connectivity index (χ0) is 20.3. The lowest BCUT2D eigenvalue weighted by Gasteiger charge is -2.31. The molecule has 152 valence electrons. The summed E-state index contributed by atoms with van der Waals surface area (Å²) in [5.41, 5.74) is 0.761. The molecule has 2 heterocycles. The first kappa shape index (κ1) is 20.5. The number of sulfonamides is 1. The minimum atomic E-state index is -3.54. The van der Waals surface area contributed by atoms with E-state index in [4.69, 9.17) is 4.74 Å². The fourth-order valence-corrected chi connectivity index (χ4v) is 4.46. The molecule has 1 aliphatic rings. The molecular formula is C19H25FN4O3S. The second kappa shape index (κ2) is 8.42. The van der Waals surface area contributed by atoms with Crippen LogP contribution in [0.15, 0.2) is 41.4 Å². The number of aromatic nitrogens is 1. The van der Waals surface area contributed by atoms with Gasteiger partial charge in [-0.15, -0.1) is 0 Å². The molecule has 0 amide bonds. The fourth-order valence-electron chi connectivity index (χ4n) is 3.09. The van der Waals surface area contributed by atoms with Gasteiger partial charge in [0.1, 0.15) is 10.7 Å². The predicted molar refractivity (Wildman–Crippen MR) is 106 cm³/mol. The number of rotatable bonds is 6. The Hall–Kier alpha value is -2.23. The molecule has 1 aliphatic heterocycles. The number of ether oxygens (including phenoxy) is 1. The second-order valence-electron chi connectivity index (χ2n) is 6.88. The van der Waals surface area contributed by atoms with Crippen LogP contribution in [0.4, 0.5) is 10.2 Å². The van der Waals surface area contributed by atoms with Crippen LogP contribution in [-0.2, 0) is 16.6 Å². The zero-order valence-electron chi connectivity index (χ0n) is 16.3. The van der Waals surface area contributed by atoms with Gasteiger partial charge < -0.3 is 14.5 Å². The van der Waals surface area contributed by atoms with Crippen molar-refractivity contribution in [3.63, 3.8) is 0 Å². The minimum Gasteiger partial charge on any atom is -0.494 e. The maximum Gasteiger partial charge on any atom is 0.244 e. The van der Waals surface area contributed by atoms with Crippen molar-refractivity contribution in [2.45, 2.75) is 11.4 Å². The number of pyridine rings is 1. The Morgan fingerprint density at radius 3 is 2.46 bits per heavy atom. The molecule has 1 aromatic carbocycles. The van der Waals surface area contributed by atoms with Crippen LogP contribution in [0.5, 0.6) is 5.75 Å². The lowest BCUT2D eigenvalue weighted by molar-refractivity contribution is 0.222. The second-order valence-corrected chi connectivity index (χ2v) is 8.82. The third-order valence-corrected chi connectivity index (χ3v) is 6.73. The molecule has 0 aliphatic carbocycles. The summed E-state index contributed by atoms with van der Waals surface area (Å²) in [6.45, 7) is 2.81. The van der Waals surface area contributed by atoms with Gasteiger partial charge in [-0.2, -0.15) is 4.31 Å². The zero-order valence-corrected chi connectivity index (χ0v) is 17.1. The monoisotopic (exact) mass is 408 g/mol. The average molecular weight is 408 g/mol. The van der Waals surface area contributed by atoms with Crippen molar-refractivity contribution < 1.29 is 17.5 Å². The van der Waals surface area contributed by atoms with Gasteiger partial charge in [0.05, 0.1) is 7.11 Å². The van der Waals surface area contributed by atoms with Gasteiger partial charge in [-0.25, -0.2) is 17.8 Å². The fraction of sp³-hybridized carbons (Fsp3) is 0.421. The molecular weight excluding hydrogens is 383 g/mol. The van der Waals surface area contributed by atoms with Crippen LogP contribution in [0.2, 0.25) is 0 Å². The topological polar surface area (TPSA) is 66.0 Å². The first-order valence-corrected chi connectivity index (χ1v) is 10.4. The Bertz CT molecular complexity index is 913. The summed E-state index contributed by atoms with van der Waals surface area (Å²) in [4.78, 5) is 8.41. The smallest absolute Gasteiger partial charge is 0.244 e. The van der Waals surface area contributed by atoms with E-state index >= 15 is 0 Å². The highest BCUT2D eigenvalue weighted by atomic mass is 32.2. The maximum absolute atomic E-state index is 13.9. The Labute approximate surface area is 165 Å². The maximum atomic E-state index is 13.9. The van der Waals surface area contributed by atoms with E-state index in [-0.39, 0.29) is 10.6 Å². The third-order valence-electron chi connectivity index (χ3n) is 4.85. The number of benzene rings is 1. The normalized spacial score (nSPS) is 16.1. The first-order valence-electron chi connectivity index (χ1n) is 8.99. The van der Waals surface area contributed by atoms with E-state index in [1.54, 1.807) is 24.3 Å². The average Bonchev–Trinajstić information content (AvgIpc) is 2.68. The van der Waals surface area contributed by atoms with Crippen molar-refractivity contribution >= 4 is 15.8 Å². The van der Waals surface area contributed by atoms with Gasteiger partial charge in [-0.05, 0) is 36.9 Å². The molecule has 0 radical (unpaired) electrons. The number of anilines is 1. The molecule has 0 N–H and O–H groups in total. The molecule has 9 heteroatoms. The standard InChI is InChI=1S/C19H25FN4O3S/c1-22-8-10-24(11-9-22)28(25,26)16-5-7-19(21-13-16)23(2)14-15-4-6-18(27-3)17(20)12-15/h4-7,12-13H,8-11,14H2,1-3H3. The number of piperazine rings is 1. The Balaban J connectivity index is 1.70. The molecule has 1 aromatic heterocycles. The van der Waals surface area contributed by atoms with Crippen LogP contribution >= 0.6 is 0 Å². The molecule has 2 aromatic rings. The summed E-state index contributed by atoms with van der Waals surface area (Å²) in [6.07, 6.45) is 1.38. The molecule has 1 fully saturated rings. The highest BCUT2D eigenvalue weighted by Gasteiger charge is 2.27. The van der Waals surface area contributed by atoms with Crippen molar-refractivity contribution in [1.29, 1.82) is 0 Å². The SMILES string of the molecule is COc1ccc(CN(C)c2ccc(S(=O)(=O)N3CCN(C)CC3)cn2)cc1F. The van der Waals surface area contributed by atoms with E-state index in [1.807, 2.05) is 19.0 Å². The Morgan fingerprint density at radius 2 is 1.89 bits per heavy atom. The first-order chi connectivity index (χ1) is 13.3. The number of likely N-dealkylation sites (N-methyl/N-ethyl adjacent to an activating group) is 1. The summed E-state index contributed by atoms with van der Waals surface area (Å²) in [5.74, 6) is 0.381. The van der Waals surface area contributed by atoms with Crippen LogP contribution in [0, 0.1) is 5.82 Å². The van der Waals surface area contributed by atoms with Crippen molar-refractivity contribution in [3.8, 4) is 5.75 Å². The summed E-state index contributed by atoms with van der Waals surface area (Å²) in [5, 5.41) is 0. The lowest BCUT2D eigenvalue weighted by atomic mass is 10.2. The van der Waals surface area contributed by atoms with E-state index in [0.717, 1.165) is 5.56 Å². The number of halogens is 1. The highest BCUT2D eigenvalue weighted by molar-refractivity contribution is 7.89. The minimum absolute atomic E-state index is 0.185. The van der Waals surface area contributed by atoms with Crippen LogP contribution in [0.3, 0.4) is 0 Å². The van der Waals surface area contributed by atoms with Crippen molar-refractivity contribution in [1.82, 2.24) is 14.2 Å². The molecule has 28 heavy (non-hydrogen) atoms. The molecule has 0 atom stereocenters. The number of hydrogen-bond acceptors (Lipinski definition) is 6. The van der Waals surface area contributed by atoms with Gasteiger partial charge in [0.15, 0.2) is 11.6 Å². The van der Waals surface area contributed by atoms with E-state index in [2.05, 4.69) is 9.88 Å². The number of methoxy groups -OCH3 is 1. The predicted octanol–water partition coefficient (Wildman–Crippen LogP) is 1.80. The molecule has 0 saturated carbocycles. The molecule has 0 spiro atoms. The molecule has 1 saturated heterocycles. The van der Waals surface area contributed by atoms with Crippen molar-refractivity contribution in [2.24, 2.45) is 0 Å². The largest absolute Gasteiger partial charge is 0.494 e. The van der Waals surface area contributed by atoms with E-state index in [0.29, 0.717) is 38.5 Å². The van der Waals surface area contributed by atoms with Crippen LogP contribution in [0.25, 0.3) is 0 Å². The lowest BCUT2D eigenvalue weighted by Crippen LogP contribution is -2.47. The van der Waals surface area contributed by atoms with E-state index in [9.17, 15) is 12.8 Å². The van der Waals surface area contributed by atoms with Crippen molar-refractivity contribution in [3.05, 3.63) is 47.9 Å². The van der Waals surface area contributed by atoms with Crippen LogP contribution in [0.1, 0.15) is 5.56 Å². The van der Waals surface area contributed by atoms with Crippen molar-refractivity contribution in [2.75, 3.05) is 52.3 Å². The Morgan fingerprint density at radius 1 is 1.18 bits per heavy atom. The van der Waals surface area contributed by atoms with Gasteiger partial charge in [0.2, 0.25) is 10.0 Å². The summed E-state index contributed by atoms with van der Waals surface area (Å²) in [6, 6.07) is 8.02. The molecule has 0 bridgehead atoms. The summed E-state index contributed by atoms with van der Waals surface area (Å²) >= 11 is 0. The van der Waals surface area contributed by atoms with Gasteiger partial charge in [-0.3, -0.25) is 0 Å². The van der Waals surface area contributed by atoms with Gasteiger partial charge >= 0.3 is 0 Å². The number of nitrogens with zero attached hydrogens (tertiary/aromatic N) is 4. The van der Waals surface area contributed by atoms with E-state index < -0.39 is 15.8 Å². The quantitative estimate of drug-likeness (QED) is 0.726. The van der Waals surface area contributed by atoms with Gasteiger partial charge in [0, 0.05) is 46.0 Å². The van der Waals surface area contributed by atoms with Gasteiger partial charge in [0.25, 0.3) is 0 Å². The third kappa shape index (κ3) is 4.43. The molecule has 3 rings (SSSR count). The number of hydrogen-bond donors (Lipinski definition) is 0. The van der Waals surface area contributed by atoms with Gasteiger partial charge in [-0.1, -0.05) is 6.07 Å². The molecule has 7 nitrogen and oxygen atoms in total. The summed E-state index contributed by atoms with van der Waals surface area (Å²) < 4.78 is 45.8. The summed E-state index contributed by atoms with van der Waals surface area (Å²) in [7, 11) is 1.68. The molecule has 0 unspecified atom stereocenters. The highest BCUT2D eigenvalue weighted by Crippen LogP contribution is 2.22.